The lowest BCUT2D eigenvalue weighted by Gasteiger charge is -2.18. The average molecular weight is 213 g/mol. The van der Waals surface area contributed by atoms with Crippen LogP contribution < -0.4 is 5.32 Å². The van der Waals surface area contributed by atoms with Crippen molar-refractivity contribution in [2.75, 3.05) is 11.9 Å². The van der Waals surface area contributed by atoms with Gasteiger partial charge >= 0.3 is 0 Å². The largest absolute Gasteiger partial charge is 0.385 e. The summed E-state index contributed by atoms with van der Waals surface area (Å²) in [7, 11) is 1.95. The molecule has 0 aliphatic carbocycles. The van der Waals surface area contributed by atoms with Crippen LogP contribution in [0.3, 0.4) is 0 Å². The van der Waals surface area contributed by atoms with Gasteiger partial charge in [-0.3, -0.25) is 4.68 Å². The van der Waals surface area contributed by atoms with E-state index in [0.29, 0.717) is 0 Å². The maximum Gasteiger partial charge on any atom is 0.0568 e. The summed E-state index contributed by atoms with van der Waals surface area (Å²) in [5.74, 6) is 0. The molecule has 16 heavy (non-hydrogen) atoms. The molecule has 2 aromatic rings. The van der Waals surface area contributed by atoms with Gasteiger partial charge in [0.05, 0.1) is 6.20 Å². The molecular weight excluding hydrogens is 198 g/mol. The second-order valence-corrected chi connectivity index (χ2v) is 4.30. The normalized spacial score (nSPS) is 14.3. The summed E-state index contributed by atoms with van der Waals surface area (Å²) in [4.78, 5) is 0. The van der Waals surface area contributed by atoms with Crippen LogP contribution in [-0.2, 0) is 13.5 Å². The van der Waals surface area contributed by atoms with Gasteiger partial charge < -0.3 is 5.32 Å². The summed E-state index contributed by atoms with van der Waals surface area (Å²) in [5, 5.41) is 7.63. The second-order valence-electron chi connectivity index (χ2n) is 4.30. The predicted octanol–water partition coefficient (Wildman–Crippen LogP) is 2.45. The van der Waals surface area contributed by atoms with Crippen LogP contribution in [0.25, 0.3) is 11.1 Å². The second kappa shape index (κ2) is 3.67. The molecular formula is C13H15N3. The van der Waals surface area contributed by atoms with Crippen LogP contribution in [0.2, 0.25) is 0 Å². The van der Waals surface area contributed by atoms with Gasteiger partial charge in [-0.2, -0.15) is 5.10 Å². The third kappa shape index (κ3) is 1.58. The molecule has 0 saturated carbocycles. The van der Waals surface area contributed by atoms with Crippen LogP contribution >= 0.6 is 0 Å². The van der Waals surface area contributed by atoms with Crippen LogP contribution in [-0.4, -0.2) is 16.3 Å². The number of hydrogen-bond donors (Lipinski definition) is 1. The van der Waals surface area contributed by atoms with Crippen LogP contribution in [0.4, 0.5) is 5.69 Å². The lowest BCUT2D eigenvalue weighted by Crippen LogP contribution is -2.11. The van der Waals surface area contributed by atoms with Crippen molar-refractivity contribution in [2.24, 2.45) is 7.05 Å². The molecule has 0 bridgehead atoms. The minimum Gasteiger partial charge on any atom is -0.385 e. The molecule has 1 aromatic heterocycles. The molecule has 0 atom stereocenters. The van der Waals surface area contributed by atoms with Gasteiger partial charge in [0.1, 0.15) is 0 Å². The minimum absolute atomic E-state index is 1.10. The molecule has 3 nitrogen and oxygen atoms in total. The van der Waals surface area contributed by atoms with E-state index in [1.165, 1.54) is 35.2 Å². The quantitative estimate of drug-likeness (QED) is 0.788. The monoisotopic (exact) mass is 213 g/mol. The number of nitrogens with one attached hydrogen (secondary N) is 1. The van der Waals surface area contributed by atoms with Crippen molar-refractivity contribution in [3.8, 4) is 11.1 Å². The molecule has 2 heterocycles. The van der Waals surface area contributed by atoms with Crippen molar-refractivity contribution in [3.63, 3.8) is 0 Å². The van der Waals surface area contributed by atoms with E-state index in [1.54, 1.807) is 0 Å². The van der Waals surface area contributed by atoms with E-state index < -0.39 is 0 Å². The Balaban J connectivity index is 2.02. The Morgan fingerprint density at radius 1 is 1.31 bits per heavy atom. The van der Waals surface area contributed by atoms with Crippen molar-refractivity contribution < 1.29 is 0 Å². The first-order chi connectivity index (χ1) is 7.83. The number of benzene rings is 1. The Labute approximate surface area is 95.1 Å². The molecule has 1 aromatic carbocycles. The molecule has 1 aliphatic heterocycles. The van der Waals surface area contributed by atoms with Crippen molar-refractivity contribution in [1.82, 2.24) is 9.78 Å². The highest BCUT2D eigenvalue weighted by atomic mass is 15.2. The third-order valence-electron chi connectivity index (χ3n) is 3.08. The Morgan fingerprint density at radius 3 is 3.06 bits per heavy atom. The standard InChI is InChI=1S/C13H15N3/c1-16-9-12(8-15-16)10-4-5-13-11(7-10)3-2-6-14-13/h4-5,7-9,14H,2-3,6H2,1H3. The first-order valence-electron chi connectivity index (χ1n) is 5.69. The Bertz CT molecular complexity index is 514. The fourth-order valence-corrected chi connectivity index (χ4v) is 2.22. The van der Waals surface area contributed by atoms with Crippen LogP contribution in [0.15, 0.2) is 30.6 Å². The number of rotatable bonds is 1. The van der Waals surface area contributed by atoms with Gasteiger partial charge in [0, 0.05) is 31.0 Å². The van der Waals surface area contributed by atoms with Crippen LogP contribution in [0.5, 0.6) is 0 Å². The van der Waals surface area contributed by atoms with Crippen LogP contribution in [0, 0.1) is 0 Å². The summed E-state index contributed by atoms with van der Waals surface area (Å²) in [6.45, 7) is 1.10. The molecule has 0 fully saturated rings. The molecule has 0 saturated heterocycles. The highest BCUT2D eigenvalue weighted by Gasteiger charge is 2.09. The molecule has 1 aliphatic rings. The summed E-state index contributed by atoms with van der Waals surface area (Å²) >= 11 is 0. The summed E-state index contributed by atoms with van der Waals surface area (Å²) in [6.07, 6.45) is 6.37. The van der Waals surface area contributed by atoms with E-state index >= 15 is 0 Å². The number of fused-ring (bicyclic) bond motifs is 1. The molecule has 3 rings (SSSR count). The fourth-order valence-electron chi connectivity index (χ4n) is 2.22. The van der Waals surface area contributed by atoms with Gasteiger partial charge in [0.15, 0.2) is 0 Å². The van der Waals surface area contributed by atoms with Crippen molar-refractivity contribution >= 4 is 5.69 Å². The molecule has 0 radical (unpaired) electrons. The molecule has 0 unspecified atom stereocenters. The van der Waals surface area contributed by atoms with E-state index in [9.17, 15) is 0 Å². The predicted molar refractivity (Wildman–Crippen MR) is 65.5 cm³/mol. The van der Waals surface area contributed by atoms with Crippen molar-refractivity contribution in [2.45, 2.75) is 12.8 Å². The summed E-state index contributed by atoms with van der Waals surface area (Å²) in [5.41, 5.74) is 5.16. The lowest BCUT2D eigenvalue weighted by atomic mass is 9.99. The van der Waals surface area contributed by atoms with Crippen LogP contribution in [0.1, 0.15) is 12.0 Å². The highest BCUT2D eigenvalue weighted by molar-refractivity contribution is 5.68. The number of aryl methyl sites for hydroxylation is 2. The van der Waals surface area contributed by atoms with Gasteiger partial charge in [0.2, 0.25) is 0 Å². The lowest BCUT2D eigenvalue weighted by molar-refractivity contribution is 0.768. The van der Waals surface area contributed by atoms with Crippen molar-refractivity contribution in [1.29, 1.82) is 0 Å². The first kappa shape index (κ1) is 9.46. The third-order valence-corrected chi connectivity index (χ3v) is 3.08. The van der Waals surface area contributed by atoms with E-state index in [1.807, 2.05) is 17.9 Å². The Kier molecular flexibility index (Phi) is 2.17. The fraction of sp³-hybridized carbons (Fsp3) is 0.308. The number of aromatic nitrogens is 2. The van der Waals surface area contributed by atoms with Gasteiger partial charge in [-0.05, 0) is 36.1 Å². The highest BCUT2D eigenvalue weighted by Crippen LogP contribution is 2.27. The maximum absolute atomic E-state index is 4.21. The molecule has 3 heteroatoms. The van der Waals surface area contributed by atoms with E-state index in [4.69, 9.17) is 0 Å². The topological polar surface area (TPSA) is 29.9 Å². The Hall–Kier alpha value is -1.77. The zero-order valence-corrected chi connectivity index (χ0v) is 9.40. The Morgan fingerprint density at radius 2 is 2.25 bits per heavy atom. The molecule has 1 N–H and O–H groups in total. The van der Waals surface area contributed by atoms with E-state index in [2.05, 4.69) is 34.8 Å². The maximum atomic E-state index is 4.21. The van der Waals surface area contributed by atoms with E-state index in [0.717, 1.165) is 6.54 Å². The zero-order valence-electron chi connectivity index (χ0n) is 9.40. The van der Waals surface area contributed by atoms with Gasteiger partial charge in [-0.15, -0.1) is 0 Å². The number of anilines is 1. The summed E-state index contributed by atoms with van der Waals surface area (Å²) < 4.78 is 1.84. The summed E-state index contributed by atoms with van der Waals surface area (Å²) in [6, 6.07) is 6.61. The molecule has 0 amide bonds. The zero-order chi connectivity index (χ0) is 11.0. The molecule has 0 spiro atoms. The SMILES string of the molecule is Cn1cc(-c2ccc3c(c2)CCCN3)cn1. The number of nitrogens with zero attached hydrogens (tertiary/aromatic N) is 2. The number of hydrogen-bond acceptors (Lipinski definition) is 2. The smallest absolute Gasteiger partial charge is 0.0568 e. The van der Waals surface area contributed by atoms with Gasteiger partial charge in [-0.25, -0.2) is 0 Å². The van der Waals surface area contributed by atoms with Crippen molar-refractivity contribution in [3.05, 3.63) is 36.2 Å². The van der Waals surface area contributed by atoms with Gasteiger partial charge in [0.25, 0.3) is 0 Å². The first-order valence-corrected chi connectivity index (χ1v) is 5.69. The molecule has 82 valence electrons. The average Bonchev–Trinajstić information content (AvgIpc) is 2.75. The van der Waals surface area contributed by atoms with Gasteiger partial charge in [-0.1, -0.05) is 6.07 Å². The minimum atomic E-state index is 1.10. The van der Waals surface area contributed by atoms with E-state index in [-0.39, 0.29) is 0 Å².